The second kappa shape index (κ2) is 7.52. The minimum atomic E-state index is -0.406. The maximum atomic E-state index is 9.04. The molecule has 2 atom stereocenters. The molecule has 1 aromatic rings. The van der Waals surface area contributed by atoms with E-state index in [2.05, 4.69) is 28.9 Å². The standard InChI is InChI=1S/C15H21BrN2O/c1-4-13(18)8-11-7-12(16)6-10(3)15(11)19-14(5-2)9-17/h6-7,13-14H,4-5,8,18H2,1-3H3. The van der Waals surface area contributed by atoms with Gasteiger partial charge in [0.05, 0.1) is 0 Å². The number of nitrogens with two attached hydrogens (primary N) is 1. The predicted molar refractivity (Wildman–Crippen MR) is 81.2 cm³/mol. The second-order valence-electron chi connectivity index (χ2n) is 4.73. The first-order chi connectivity index (χ1) is 9.01. The lowest BCUT2D eigenvalue weighted by Gasteiger charge is -2.19. The highest BCUT2D eigenvalue weighted by Crippen LogP contribution is 2.30. The zero-order valence-corrected chi connectivity index (χ0v) is 13.3. The Balaban J connectivity index is 3.09. The topological polar surface area (TPSA) is 59.0 Å². The molecule has 0 radical (unpaired) electrons. The van der Waals surface area contributed by atoms with Crippen LogP contribution in [0.5, 0.6) is 5.75 Å². The molecule has 2 unspecified atom stereocenters. The first-order valence-corrected chi connectivity index (χ1v) is 7.41. The third-order valence-corrected chi connectivity index (χ3v) is 3.56. The normalized spacial score (nSPS) is 13.7. The lowest BCUT2D eigenvalue weighted by Crippen LogP contribution is -2.23. The highest BCUT2D eigenvalue weighted by atomic mass is 79.9. The van der Waals surface area contributed by atoms with Crippen LogP contribution in [0.2, 0.25) is 0 Å². The second-order valence-corrected chi connectivity index (χ2v) is 5.64. The smallest absolute Gasteiger partial charge is 0.184 e. The van der Waals surface area contributed by atoms with Crippen molar-refractivity contribution < 1.29 is 4.74 Å². The molecule has 19 heavy (non-hydrogen) atoms. The SMILES string of the molecule is CCC(N)Cc1cc(Br)cc(C)c1OC(C#N)CC. The molecule has 1 rings (SSSR count). The molecule has 1 aromatic carbocycles. The zero-order chi connectivity index (χ0) is 14.4. The van der Waals surface area contributed by atoms with Gasteiger partial charge < -0.3 is 10.5 Å². The number of ether oxygens (including phenoxy) is 1. The number of nitriles is 1. The summed E-state index contributed by atoms with van der Waals surface area (Å²) in [5, 5.41) is 9.04. The van der Waals surface area contributed by atoms with Crippen LogP contribution < -0.4 is 10.5 Å². The van der Waals surface area contributed by atoms with Crippen LogP contribution in [0, 0.1) is 18.3 Å². The Kier molecular flexibility index (Phi) is 6.33. The van der Waals surface area contributed by atoms with Gasteiger partial charge in [-0.15, -0.1) is 0 Å². The maximum absolute atomic E-state index is 9.04. The average molecular weight is 325 g/mol. The monoisotopic (exact) mass is 324 g/mol. The molecule has 0 aliphatic rings. The molecule has 104 valence electrons. The largest absolute Gasteiger partial charge is 0.475 e. The number of nitrogens with zero attached hydrogens (tertiary/aromatic N) is 1. The van der Waals surface area contributed by atoms with E-state index in [1.54, 1.807) is 0 Å². The molecule has 0 spiro atoms. The fourth-order valence-electron chi connectivity index (χ4n) is 1.89. The molecule has 0 saturated carbocycles. The number of hydrogen-bond acceptors (Lipinski definition) is 3. The van der Waals surface area contributed by atoms with Crippen LogP contribution in [0.4, 0.5) is 0 Å². The van der Waals surface area contributed by atoms with E-state index >= 15 is 0 Å². The van der Waals surface area contributed by atoms with Crippen LogP contribution in [0.15, 0.2) is 16.6 Å². The van der Waals surface area contributed by atoms with Crippen LogP contribution in [-0.2, 0) is 6.42 Å². The Morgan fingerprint density at radius 1 is 1.37 bits per heavy atom. The Labute approximate surface area is 123 Å². The van der Waals surface area contributed by atoms with Crippen LogP contribution in [0.25, 0.3) is 0 Å². The summed E-state index contributed by atoms with van der Waals surface area (Å²) < 4.78 is 6.85. The first kappa shape index (κ1) is 16.0. The molecule has 0 bridgehead atoms. The van der Waals surface area contributed by atoms with E-state index in [4.69, 9.17) is 15.7 Å². The highest BCUT2D eigenvalue weighted by Gasteiger charge is 2.15. The van der Waals surface area contributed by atoms with E-state index in [-0.39, 0.29) is 6.04 Å². The van der Waals surface area contributed by atoms with Crippen LogP contribution >= 0.6 is 15.9 Å². The summed E-state index contributed by atoms with van der Waals surface area (Å²) in [6.07, 6.45) is 1.94. The first-order valence-electron chi connectivity index (χ1n) is 6.62. The summed E-state index contributed by atoms with van der Waals surface area (Å²) in [4.78, 5) is 0. The molecule has 0 amide bonds. The van der Waals surface area contributed by atoms with Gasteiger partial charge in [-0.25, -0.2) is 0 Å². The van der Waals surface area contributed by atoms with Crippen molar-refractivity contribution in [2.24, 2.45) is 5.73 Å². The van der Waals surface area contributed by atoms with E-state index in [1.807, 2.05) is 26.0 Å². The summed E-state index contributed by atoms with van der Waals surface area (Å²) >= 11 is 3.50. The van der Waals surface area contributed by atoms with Crippen molar-refractivity contribution in [2.45, 2.75) is 52.2 Å². The molecule has 3 nitrogen and oxygen atoms in total. The quantitative estimate of drug-likeness (QED) is 0.867. The fourth-order valence-corrected chi connectivity index (χ4v) is 2.51. The van der Waals surface area contributed by atoms with Gasteiger partial charge in [-0.05, 0) is 49.4 Å². The van der Waals surface area contributed by atoms with Crippen LogP contribution in [0.3, 0.4) is 0 Å². The van der Waals surface area contributed by atoms with Gasteiger partial charge in [-0.2, -0.15) is 5.26 Å². The Bertz CT molecular complexity index is 468. The Morgan fingerprint density at radius 2 is 2.05 bits per heavy atom. The van der Waals surface area contributed by atoms with E-state index in [1.165, 1.54) is 0 Å². The van der Waals surface area contributed by atoms with Gasteiger partial charge in [-0.3, -0.25) is 0 Å². The average Bonchev–Trinajstić information content (AvgIpc) is 2.38. The fraction of sp³-hybridized carbons (Fsp3) is 0.533. The van der Waals surface area contributed by atoms with Gasteiger partial charge in [0.25, 0.3) is 0 Å². The van der Waals surface area contributed by atoms with Gasteiger partial charge in [0.1, 0.15) is 11.8 Å². The van der Waals surface area contributed by atoms with Crippen molar-refractivity contribution in [1.82, 2.24) is 0 Å². The lowest BCUT2D eigenvalue weighted by molar-refractivity contribution is 0.247. The number of halogens is 1. The minimum absolute atomic E-state index is 0.109. The van der Waals surface area contributed by atoms with E-state index in [0.717, 1.165) is 34.2 Å². The summed E-state index contributed by atoms with van der Waals surface area (Å²) in [5.74, 6) is 0.806. The number of hydrogen-bond donors (Lipinski definition) is 1. The van der Waals surface area contributed by atoms with Crippen molar-refractivity contribution in [3.63, 3.8) is 0 Å². The predicted octanol–water partition coefficient (Wildman–Crippen LogP) is 3.72. The number of aryl methyl sites for hydroxylation is 1. The lowest BCUT2D eigenvalue weighted by atomic mass is 10.0. The minimum Gasteiger partial charge on any atom is -0.475 e. The van der Waals surface area contributed by atoms with E-state index < -0.39 is 6.10 Å². The molecular weight excluding hydrogens is 304 g/mol. The highest BCUT2D eigenvalue weighted by molar-refractivity contribution is 9.10. The van der Waals surface area contributed by atoms with Crippen LogP contribution in [-0.4, -0.2) is 12.1 Å². The van der Waals surface area contributed by atoms with E-state index in [9.17, 15) is 0 Å². The summed E-state index contributed by atoms with van der Waals surface area (Å²) in [6.45, 7) is 6.00. The van der Waals surface area contributed by atoms with Gasteiger partial charge in [0.2, 0.25) is 0 Å². The molecular formula is C15H21BrN2O. The van der Waals surface area contributed by atoms with Gasteiger partial charge in [0.15, 0.2) is 6.10 Å². The molecule has 0 aliphatic carbocycles. The van der Waals surface area contributed by atoms with Crippen molar-refractivity contribution in [1.29, 1.82) is 5.26 Å². The number of benzene rings is 1. The summed E-state index contributed by atoms with van der Waals surface area (Å²) in [6, 6.07) is 6.31. The summed E-state index contributed by atoms with van der Waals surface area (Å²) in [5.41, 5.74) is 8.13. The number of rotatable bonds is 6. The van der Waals surface area contributed by atoms with Gasteiger partial charge >= 0.3 is 0 Å². The van der Waals surface area contributed by atoms with Crippen molar-refractivity contribution in [3.05, 3.63) is 27.7 Å². The molecule has 0 saturated heterocycles. The maximum Gasteiger partial charge on any atom is 0.184 e. The van der Waals surface area contributed by atoms with Crippen molar-refractivity contribution in [3.8, 4) is 11.8 Å². The molecule has 2 N–H and O–H groups in total. The van der Waals surface area contributed by atoms with Gasteiger partial charge in [0, 0.05) is 10.5 Å². The molecule has 0 heterocycles. The summed E-state index contributed by atoms with van der Waals surface area (Å²) in [7, 11) is 0. The zero-order valence-electron chi connectivity index (χ0n) is 11.7. The third-order valence-electron chi connectivity index (χ3n) is 3.10. The molecule has 0 aromatic heterocycles. The van der Waals surface area contributed by atoms with Crippen molar-refractivity contribution >= 4 is 15.9 Å². The third kappa shape index (κ3) is 4.52. The molecule has 4 heteroatoms. The van der Waals surface area contributed by atoms with E-state index in [0.29, 0.717) is 6.42 Å². The Hall–Kier alpha value is -1.05. The Morgan fingerprint density at radius 3 is 2.58 bits per heavy atom. The van der Waals surface area contributed by atoms with Crippen molar-refractivity contribution in [2.75, 3.05) is 0 Å². The van der Waals surface area contributed by atoms with Gasteiger partial charge in [-0.1, -0.05) is 29.8 Å². The van der Waals surface area contributed by atoms with Crippen LogP contribution in [0.1, 0.15) is 37.8 Å². The molecule has 0 aliphatic heterocycles. The molecule has 0 fully saturated rings.